The van der Waals surface area contributed by atoms with Gasteiger partial charge in [0.15, 0.2) is 0 Å². The fourth-order valence-corrected chi connectivity index (χ4v) is 3.21. The number of benzene rings is 2. The van der Waals surface area contributed by atoms with Crippen molar-refractivity contribution in [3.63, 3.8) is 0 Å². The molecule has 2 N–H and O–H groups in total. The number of aromatic amines is 1. The quantitative estimate of drug-likeness (QED) is 0.557. The van der Waals surface area contributed by atoms with E-state index in [-0.39, 0.29) is 11.4 Å². The van der Waals surface area contributed by atoms with Crippen LogP contribution in [0.1, 0.15) is 18.5 Å². The lowest BCUT2D eigenvalue weighted by molar-refractivity contribution is -0.135. The van der Waals surface area contributed by atoms with Gasteiger partial charge in [-0.25, -0.2) is 4.79 Å². The fourth-order valence-electron chi connectivity index (χ4n) is 3.21. The van der Waals surface area contributed by atoms with E-state index in [0.717, 1.165) is 24.1 Å². The summed E-state index contributed by atoms with van der Waals surface area (Å²) in [6, 6.07) is 15.8. The number of H-pyrrole nitrogens is 1. The SMILES string of the molecule is O=C(Oc1ccccc1)C1CCCc2[nH]c3ccccc3c(=O)c2N1. The molecule has 1 aliphatic rings. The first kappa shape index (κ1) is 15.4. The third-order valence-corrected chi connectivity index (χ3v) is 4.47. The summed E-state index contributed by atoms with van der Waals surface area (Å²) in [6.07, 6.45) is 2.13. The molecule has 5 nitrogen and oxygen atoms in total. The molecule has 0 saturated heterocycles. The fraction of sp³-hybridized carbons (Fsp3) is 0.200. The van der Waals surface area contributed by atoms with E-state index in [0.29, 0.717) is 23.2 Å². The smallest absolute Gasteiger partial charge is 0.333 e. The summed E-state index contributed by atoms with van der Waals surface area (Å²) >= 11 is 0. The predicted molar refractivity (Wildman–Crippen MR) is 97.0 cm³/mol. The molecule has 126 valence electrons. The van der Waals surface area contributed by atoms with Gasteiger partial charge in [-0.3, -0.25) is 4.79 Å². The van der Waals surface area contributed by atoms with Crippen LogP contribution >= 0.6 is 0 Å². The van der Waals surface area contributed by atoms with E-state index >= 15 is 0 Å². The Morgan fingerprint density at radius 2 is 1.80 bits per heavy atom. The second kappa shape index (κ2) is 6.43. The Balaban J connectivity index is 1.66. The number of rotatable bonds is 2. The van der Waals surface area contributed by atoms with Crippen LogP contribution in [0.15, 0.2) is 59.4 Å². The Hall–Kier alpha value is -3.08. The number of nitrogens with one attached hydrogen (secondary N) is 2. The molecule has 0 fully saturated rings. The molecule has 0 aliphatic carbocycles. The molecule has 1 unspecified atom stereocenters. The third-order valence-electron chi connectivity index (χ3n) is 4.47. The summed E-state index contributed by atoms with van der Waals surface area (Å²) in [7, 11) is 0. The largest absolute Gasteiger partial charge is 0.425 e. The summed E-state index contributed by atoms with van der Waals surface area (Å²) < 4.78 is 5.44. The number of anilines is 1. The highest BCUT2D eigenvalue weighted by Gasteiger charge is 2.26. The van der Waals surface area contributed by atoms with Crippen molar-refractivity contribution in [3.05, 3.63) is 70.5 Å². The van der Waals surface area contributed by atoms with Crippen molar-refractivity contribution in [2.75, 3.05) is 5.32 Å². The summed E-state index contributed by atoms with van der Waals surface area (Å²) in [5.74, 6) is 0.137. The molecule has 0 amide bonds. The van der Waals surface area contributed by atoms with Gasteiger partial charge in [0.05, 0.1) is 0 Å². The molecular formula is C20H18N2O3. The first-order chi connectivity index (χ1) is 12.2. The molecule has 1 atom stereocenters. The number of aryl methyl sites for hydroxylation is 1. The number of hydrogen-bond donors (Lipinski definition) is 2. The highest BCUT2D eigenvalue weighted by molar-refractivity contribution is 5.86. The molecule has 3 aromatic rings. The van der Waals surface area contributed by atoms with Gasteiger partial charge in [-0.15, -0.1) is 0 Å². The summed E-state index contributed by atoms with van der Waals surface area (Å²) in [5.41, 5.74) is 2.06. The van der Waals surface area contributed by atoms with Crippen LogP contribution in [0.2, 0.25) is 0 Å². The van der Waals surface area contributed by atoms with Gasteiger partial charge in [0, 0.05) is 16.6 Å². The van der Waals surface area contributed by atoms with Crippen molar-refractivity contribution in [2.45, 2.75) is 25.3 Å². The zero-order chi connectivity index (χ0) is 17.2. The van der Waals surface area contributed by atoms with Crippen LogP contribution in [-0.4, -0.2) is 17.0 Å². The second-order valence-electron chi connectivity index (χ2n) is 6.18. The Kier molecular flexibility index (Phi) is 3.98. The zero-order valence-corrected chi connectivity index (χ0v) is 13.6. The first-order valence-electron chi connectivity index (χ1n) is 8.39. The van der Waals surface area contributed by atoms with Crippen LogP contribution in [-0.2, 0) is 11.2 Å². The molecule has 2 aromatic carbocycles. The van der Waals surface area contributed by atoms with E-state index in [9.17, 15) is 9.59 Å². The number of ether oxygens (including phenoxy) is 1. The van der Waals surface area contributed by atoms with Crippen LogP contribution in [0.25, 0.3) is 10.9 Å². The standard InChI is InChI=1S/C20H18N2O3/c23-19-14-9-4-5-10-15(14)21-16-11-6-12-17(22-18(16)19)20(24)25-13-7-2-1-3-8-13/h1-5,7-10,17,22H,6,11-12H2,(H,21,23). The topological polar surface area (TPSA) is 71.2 Å². The minimum atomic E-state index is -0.538. The summed E-state index contributed by atoms with van der Waals surface area (Å²) in [5, 5.41) is 3.74. The average molecular weight is 334 g/mol. The summed E-state index contributed by atoms with van der Waals surface area (Å²) in [6.45, 7) is 0. The van der Waals surface area contributed by atoms with Gasteiger partial charge in [0.1, 0.15) is 17.5 Å². The van der Waals surface area contributed by atoms with Gasteiger partial charge in [0.2, 0.25) is 5.43 Å². The summed E-state index contributed by atoms with van der Waals surface area (Å²) in [4.78, 5) is 28.6. The number of aromatic nitrogens is 1. The maximum atomic E-state index is 12.8. The van der Waals surface area contributed by atoms with Crippen LogP contribution in [0.3, 0.4) is 0 Å². The van der Waals surface area contributed by atoms with E-state index in [1.807, 2.05) is 36.4 Å². The number of carbonyl (C=O) groups is 1. The molecule has 1 aliphatic heterocycles. The minimum Gasteiger partial charge on any atom is -0.425 e. The van der Waals surface area contributed by atoms with E-state index in [2.05, 4.69) is 10.3 Å². The molecule has 0 spiro atoms. The molecular weight excluding hydrogens is 316 g/mol. The average Bonchev–Trinajstić information content (AvgIpc) is 2.86. The number of esters is 1. The molecule has 2 heterocycles. The first-order valence-corrected chi connectivity index (χ1v) is 8.39. The monoisotopic (exact) mass is 334 g/mol. The van der Waals surface area contributed by atoms with Crippen molar-refractivity contribution < 1.29 is 9.53 Å². The molecule has 0 saturated carbocycles. The maximum absolute atomic E-state index is 12.8. The normalized spacial score (nSPS) is 16.6. The highest BCUT2D eigenvalue weighted by atomic mass is 16.5. The third kappa shape index (κ3) is 3.01. The minimum absolute atomic E-state index is 0.0799. The predicted octanol–water partition coefficient (Wildman–Crippen LogP) is 3.25. The number of pyridine rings is 1. The van der Waals surface area contributed by atoms with Crippen LogP contribution in [0, 0.1) is 0 Å². The Bertz CT molecular complexity index is 979. The molecule has 0 radical (unpaired) electrons. The van der Waals surface area contributed by atoms with Crippen molar-refractivity contribution >= 4 is 22.6 Å². The Morgan fingerprint density at radius 1 is 1.04 bits per heavy atom. The van der Waals surface area contributed by atoms with Gasteiger partial charge >= 0.3 is 5.97 Å². The lowest BCUT2D eigenvalue weighted by atomic mass is 10.1. The lowest BCUT2D eigenvalue weighted by Crippen LogP contribution is -2.34. The van der Waals surface area contributed by atoms with Gasteiger partial charge in [0.25, 0.3) is 0 Å². The van der Waals surface area contributed by atoms with Crippen molar-refractivity contribution in [3.8, 4) is 5.75 Å². The van der Waals surface area contributed by atoms with Gasteiger partial charge in [-0.1, -0.05) is 30.3 Å². The van der Waals surface area contributed by atoms with Crippen molar-refractivity contribution in [2.24, 2.45) is 0 Å². The van der Waals surface area contributed by atoms with Crippen LogP contribution in [0.4, 0.5) is 5.69 Å². The Labute approximate surface area is 144 Å². The number of para-hydroxylation sites is 2. The van der Waals surface area contributed by atoms with E-state index < -0.39 is 6.04 Å². The number of carbonyl (C=O) groups excluding carboxylic acids is 1. The van der Waals surface area contributed by atoms with E-state index in [4.69, 9.17) is 4.74 Å². The molecule has 0 bridgehead atoms. The lowest BCUT2D eigenvalue weighted by Gasteiger charge is -2.16. The number of hydrogen-bond acceptors (Lipinski definition) is 4. The second-order valence-corrected chi connectivity index (χ2v) is 6.18. The molecule has 25 heavy (non-hydrogen) atoms. The van der Waals surface area contributed by atoms with Gasteiger partial charge < -0.3 is 15.0 Å². The highest BCUT2D eigenvalue weighted by Crippen LogP contribution is 2.23. The van der Waals surface area contributed by atoms with E-state index in [1.54, 1.807) is 18.2 Å². The van der Waals surface area contributed by atoms with Crippen LogP contribution < -0.4 is 15.5 Å². The van der Waals surface area contributed by atoms with E-state index in [1.165, 1.54) is 0 Å². The number of fused-ring (bicyclic) bond motifs is 2. The molecule has 1 aromatic heterocycles. The molecule has 5 heteroatoms. The Morgan fingerprint density at radius 3 is 2.64 bits per heavy atom. The van der Waals surface area contributed by atoms with Gasteiger partial charge in [-0.05, 0) is 43.5 Å². The molecule has 4 rings (SSSR count). The van der Waals surface area contributed by atoms with Crippen molar-refractivity contribution in [1.82, 2.24) is 4.98 Å². The van der Waals surface area contributed by atoms with Crippen molar-refractivity contribution in [1.29, 1.82) is 0 Å². The maximum Gasteiger partial charge on any atom is 0.333 e. The zero-order valence-electron chi connectivity index (χ0n) is 13.6. The van der Waals surface area contributed by atoms with Gasteiger partial charge in [-0.2, -0.15) is 0 Å². The van der Waals surface area contributed by atoms with Crippen LogP contribution in [0.5, 0.6) is 5.75 Å².